The Morgan fingerprint density at radius 1 is 0.974 bits per heavy atom. The van der Waals surface area contributed by atoms with Gasteiger partial charge in [-0.1, -0.05) is 0 Å². The summed E-state index contributed by atoms with van der Waals surface area (Å²) in [5.74, 6) is -1.03. The molecule has 4 aliphatic rings. The average molecular weight is 568 g/mol. The molecular weight excluding hydrogens is 544 g/mol. The Labute approximate surface area is 212 Å². The van der Waals surface area contributed by atoms with Crippen LogP contribution in [0.25, 0.3) is 0 Å². The third-order valence-electron chi connectivity index (χ3n) is 8.23. The Morgan fingerprint density at radius 3 is 2.08 bits per heavy atom. The normalized spacial score (nSPS) is 23.2. The van der Waals surface area contributed by atoms with Crippen molar-refractivity contribution in [3.05, 3.63) is 24.5 Å². The summed E-state index contributed by atoms with van der Waals surface area (Å²) in [6.07, 6.45) is 0.935. The number of hydrogen-bond donors (Lipinski definition) is 0. The number of halogens is 6. The predicted molar refractivity (Wildman–Crippen MR) is 115 cm³/mol. The maximum Gasteiger partial charge on any atom is 0.502 e. The minimum Gasteiger partial charge on any atom is -0.323 e. The van der Waals surface area contributed by atoms with Gasteiger partial charge in [0, 0.05) is 49.8 Å². The Kier molecular flexibility index (Phi) is 5.25. The van der Waals surface area contributed by atoms with E-state index >= 15 is 0 Å². The van der Waals surface area contributed by atoms with Gasteiger partial charge in [0.05, 0.1) is 12.2 Å². The number of amides is 2. The zero-order valence-corrected chi connectivity index (χ0v) is 20.6. The van der Waals surface area contributed by atoms with Gasteiger partial charge in [-0.2, -0.15) is 31.4 Å². The molecule has 38 heavy (non-hydrogen) atoms. The Hall–Kier alpha value is -2.85. The highest BCUT2D eigenvalue weighted by molar-refractivity contribution is 7.92. The number of rotatable bonds is 4. The molecule has 0 atom stereocenters. The van der Waals surface area contributed by atoms with Crippen LogP contribution in [-0.4, -0.2) is 80.5 Å². The highest BCUT2D eigenvalue weighted by Crippen LogP contribution is 2.56. The molecule has 2 aromatic rings. The highest BCUT2D eigenvalue weighted by Gasteiger charge is 2.59. The summed E-state index contributed by atoms with van der Waals surface area (Å²) in [5.41, 5.74) is -5.49. The van der Waals surface area contributed by atoms with Gasteiger partial charge >= 0.3 is 17.7 Å². The molecule has 17 heteroatoms. The molecule has 2 aromatic heterocycles. The molecule has 2 spiro atoms. The third kappa shape index (κ3) is 4.04. The number of urea groups is 1. The van der Waals surface area contributed by atoms with Crippen LogP contribution in [0.5, 0.6) is 0 Å². The second-order valence-electron chi connectivity index (χ2n) is 11.2. The van der Waals surface area contributed by atoms with Gasteiger partial charge in [0.2, 0.25) is 0 Å². The number of sulfone groups is 1. The molecule has 4 heterocycles. The lowest BCUT2D eigenvalue weighted by Gasteiger charge is -2.63. The van der Waals surface area contributed by atoms with Crippen LogP contribution in [0.4, 0.5) is 31.1 Å². The molecule has 0 N–H and O–H groups in total. The molecule has 10 nitrogen and oxygen atoms in total. The van der Waals surface area contributed by atoms with Gasteiger partial charge in [0.1, 0.15) is 11.2 Å². The lowest BCUT2D eigenvalue weighted by atomic mass is 9.57. The number of alkyl halides is 6. The Balaban J connectivity index is 0.931. The number of hydrogen-bond acceptors (Lipinski definition) is 6. The molecule has 0 aromatic carbocycles. The topological polar surface area (TPSA) is 106 Å². The van der Waals surface area contributed by atoms with Gasteiger partial charge < -0.3 is 9.80 Å². The monoisotopic (exact) mass is 567 g/mol. The van der Waals surface area contributed by atoms with E-state index < -0.39 is 32.2 Å². The number of aromatic nitrogens is 5. The summed E-state index contributed by atoms with van der Waals surface area (Å²) in [6.45, 7) is 2.57. The van der Waals surface area contributed by atoms with E-state index in [0.717, 1.165) is 25.4 Å². The first-order valence-corrected chi connectivity index (χ1v) is 13.4. The van der Waals surface area contributed by atoms with Crippen LogP contribution in [0.3, 0.4) is 0 Å². The SMILES string of the molecule is O=C(N1CC2(CC(Cn3cc(S(=O)(=O)C(F)(F)F)cn3)C2)C1)N1CC2(CC(n3cnc(C(F)(F)F)n3)C2)C1. The lowest BCUT2D eigenvalue weighted by molar-refractivity contribution is -0.145. The van der Waals surface area contributed by atoms with E-state index in [1.165, 1.54) is 9.36 Å². The van der Waals surface area contributed by atoms with Gasteiger partial charge in [-0.25, -0.2) is 22.9 Å². The lowest BCUT2D eigenvalue weighted by Crippen LogP contribution is -2.71. The summed E-state index contributed by atoms with van der Waals surface area (Å²) in [7, 11) is -5.43. The molecule has 4 fully saturated rings. The van der Waals surface area contributed by atoms with E-state index in [2.05, 4.69) is 15.2 Å². The molecule has 2 aliphatic heterocycles. The van der Waals surface area contributed by atoms with E-state index in [0.29, 0.717) is 51.8 Å². The molecule has 2 saturated carbocycles. The molecule has 208 valence electrons. The first-order chi connectivity index (χ1) is 17.6. The number of nitrogens with zero attached hydrogens (tertiary/aromatic N) is 7. The van der Waals surface area contributed by atoms with Crippen LogP contribution in [0.1, 0.15) is 37.5 Å². The second-order valence-corrected chi connectivity index (χ2v) is 13.2. The fraction of sp³-hybridized carbons (Fsp3) is 0.714. The van der Waals surface area contributed by atoms with Crippen LogP contribution < -0.4 is 0 Å². The fourth-order valence-electron chi connectivity index (χ4n) is 6.50. The van der Waals surface area contributed by atoms with Crippen molar-refractivity contribution < 1.29 is 39.6 Å². The number of likely N-dealkylation sites (tertiary alicyclic amines) is 2. The summed E-state index contributed by atoms with van der Waals surface area (Å²) in [5, 5.41) is 7.30. The van der Waals surface area contributed by atoms with Crippen molar-refractivity contribution in [3.8, 4) is 0 Å². The summed E-state index contributed by atoms with van der Waals surface area (Å²) < 4.78 is 102. The quantitative estimate of drug-likeness (QED) is 0.526. The van der Waals surface area contributed by atoms with Gasteiger partial charge in [0.25, 0.3) is 15.7 Å². The molecular formula is C21H23F6N7O3S. The second kappa shape index (κ2) is 7.85. The largest absolute Gasteiger partial charge is 0.502 e. The summed E-state index contributed by atoms with van der Waals surface area (Å²) in [6, 6.07) is -0.225. The smallest absolute Gasteiger partial charge is 0.323 e. The maximum absolute atomic E-state index is 12.8. The van der Waals surface area contributed by atoms with Gasteiger partial charge in [-0.15, -0.1) is 5.10 Å². The van der Waals surface area contributed by atoms with Crippen LogP contribution in [0, 0.1) is 16.7 Å². The van der Waals surface area contributed by atoms with Gasteiger partial charge in [-0.05, 0) is 31.6 Å². The van der Waals surface area contributed by atoms with Crippen LogP contribution >= 0.6 is 0 Å². The van der Waals surface area contributed by atoms with Crippen molar-refractivity contribution in [1.29, 1.82) is 0 Å². The first-order valence-electron chi connectivity index (χ1n) is 11.9. The zero-order chi connectivity index (χ0) is 27.3. The van der Waals surface area contributed by atoms with E-state index in [1.807, 2.05) is 0 Å². The van der Waals surface area contributed by atoms with E-state index in [-0.39, 0.29) is 28.8 Å². The molecule has 0 unspecified atom stereocenters. The third-order valence-corrected chi connectivity index (χ3v) is 9.67. The molecule has 0 radical (unpaired) electrons. The van der Waals surface area contributed by atoms with E-state index in [1.54, 1.807) is 9.80 Å². The Morgan fingerprint density at radius 2 is 1.55 bits per heavy atom. The van der Waals surface area contributed by atoms with Crippen LogP contribution in [0.15, 0.2) is 23.6 Å². The zero-order valence-electron chi connectivity index (χ0n) is 19.8. The van der Waals surface area contributed by atoms with Crippen molar-refractivity contribution in [2.24, 2.45) is 16.7 Å². The first kappa shape index (κ1) is 25.4. The summed E-state index contributed by atoms with van der Waals surface area (Å²) in [4.78, 5) is 18.8. The van der Waals surface area contributed by atoms with Crippen molar-refractivity contribution in [3.63, 3.8) is 0 Å². The van der Waals surface area contributed by atoms with Gasteiger partial charge in [-0.3, -0.25) is 4.68 Å². The Bertz CT molecular complexity index is 1360. The number of carbonyl (C=O) groups is 1. The van der Waals surface area contributed by atoms with Crippen molar-refractivity contribution in [2.75, 3.05) is 26.2 Å². The average Bonchev–Trinajstić information content (AvgIpc) is 3.35. The molecule has 2 aliphatic carbocycles. The minimum absolute atomic E-state index is 0.0260. The standard InChI is InChI=1S/C21H23F6N7O3S/c22-20(23,24)16-28-12-34(30-16)14-3-19(4-14)10-32(11-19)17(35)31-8-18(9-31)1-13(2-18)6-33-7-15(5-29-33)38(36,37)21(25,26)27/h5,7,12-14H,1-4,6,8-11H2. The minimum atomic E-state index is -5.43. The van der Waals surface area contributed by atoms with E-state index in [4.69, 9.17) is 0 Å². The predicted octanol–water partition coefficient (Wildman–Crippen LogP) is 2.96. The van der Waals surface area contributed by atoms with Crippen molar-refractivity contribution in [1.82, 2.24) is 34.3 Å². The van der Waals surface area contributed by atoms with Crippen molar-refractivity contribution >= 4 is 15.9 Å². The van der Waals surface area contributed by atoms with Gasteiger partial charge in [0.15, 0.2) is 0 Å². The summed E-state index contributed by atoms with van der Waals surface area (Å²) >= 11 is 0. The number of carbonyl (C=O) groups excluding carboxylic acids is 1. The maximum atomic E-state index is 12.8. The van der Waals surface area contributed by atoms with Crippen LogP contribution in [-0.2, 0) is 22.6 Å². The highest BCUT2D eigenvalue weighted by atomic mass is 32.2. The molecule has 6 rings (SSSR count). The fourth-order valence-corrected chi connectivity index (χ4v) is 7.21. The molecule has 0 bridgehead atoms. The van der Waals surface area contributed by atoms with E-state index in [9.17, 15) is 39.6 Å². The van der Waals surface area contributed by atoms with Crippen molar-refractivity contribution in [2.45, 2.75) is 54.8 Å². The molecule has 2 amide bonds. The van der Waals surface area contributed by atoms with Crippen LogP contribution in [0.2, 0.25) is 0 Å². The molecule has 2 saturated heterocycles.